The van der Waals surface area contributed by atoms with Crippen LogP contribution < -0.4 is 9.47 Å². The molecule has 0 atom stereocenters. The minimum atomic E-state index is -1.36. The molecule has 0 amide bonds. The maximum Gasteiger partial charge on any atom is 0.145 e. The van der Waals surface area contributed by atoms with Crippen molar-refractivity contribution in [2.24, 2.45) is 0 Å². The lowest BCUT2D eigenvalue weighted by atomic mass is 9.89. The molecule has 0 aliphatic heterocycles. The maximum atomic E-state index is 16.0. The molecule has 0 aliphatic rings. The van der Waals surface area contributed by atoms with Crippen LogP contribution in [0.25, 0.3) is 33.4 Å². The molecule has 0 saturated carbocycles. The SMILES string of the molecule is COc1ccc(-c2c(F)c(-c3ccccc3)c(OC)c(-c3c(F)cc(C)cc3F)c2F)c(F)c1. The van der Waals surface area contributed by atoms with Crippen molar-refractivity contribution in [2.45, 2.75) is 6.92 Å². The van der Waals surface area contributed by atoms with Gasteiger partial charge in [0.15, 0.2) is 0 Å². The Kier molecular flexibility index (Phi) is 6.28. The lowest BCUT2D eigenvalue weighted by Crippen LogP contribution is -2.06. The molecule has 4 aromatic rings. The zero-order valence-electron chi connectivity index (χ0n) is 18.5. The first-order valence-electron chi connectivity index (χ1n) is 10.2. The molecule has 0 bridgehead atoms. The molecule has 0 aliphatic carbocycles. The Morgan fingerprint density at radius 1 is 0.588 bits per heavy atom. The van der Waals surface area contributed by atoms with Crippen molar-refractivity contribution < 1.29 is 31.4 Å². The predicted molar refractivity (Wildman–Crippen MR) is 120 cm³/mol. The van der Waals surface area contributed by atoms with E-state index in [1.807, 2.05) is 0 Å². The van der Waals surface area contributed by atoms with Gasteiger partial charge in [-0.15, -0.1) is 0 Å². The molecule has 0 fully saturated rings. The van der Waals surface area contributed by atoms with Gasteiger partial charge in [-0.1, -0.05) is 30.3 Å². The molecule has 4 rings (SSSR count). The number of aryl methyl sites for hydroxylation is 1. The molecular formula is C27H19F5O2. The van der Waals surface area contributed by atoms with Gasteiger partial charge >= 0.3 is 0 Å². The standard InChI is InChI=1S/C27H19F5O2/c1-14-11-19(29)23(20(30)12-14)24-26(32)22(17-10-9-16(33-2)13-18(17)28)25(31)21(27(24)34-3)15-7-5-4-6-8-15/h4-13H,1-3H3. The van der Waals surface area contributed by atoms with Gasteiger partial charge in [0.2, 0.25) is 0 Å². The minimum absolute atomic E-state index is 0.134. The number of halogens is 5. The number of methoxy groups -OCH3 is 2. The molecule has 34 heavy (non-hydrogen) atoms. The highest BCUT2D eigenvalue weighted by atomic mass is 19.1. The Morgan fingerprint density at radius 2 is 1.21 bits per heavy atom. The largest absolute Gasteiger partial charge is 0.497 e. The van der Waals surface area contributed by atoms with Crippen LogP contribution in [-0.4, -0.2) is 14.2 Å². The van der Waals surface area contributed by atoms with E-state index >= 15 is 8.78 Å². The van der Waals surface area contributed by atoms with Crippen molar-refractivity contribution in [3.05, 3.63) is 95.3 Å². The zero-order chi connectivity index (χ0) is 24.6. The van der Waals surface area contributed by atoms with Crippen molar-refractivity contribution in [1.29, 1.82) is 0 Å². The number of hydrogen-bond acceptors (Lipinski definition) is 2. The van der Waals surface area contributed by atoms with E-state index in [9.17, 15) is 13.2 Å². The predicted octanol–water partition coefficient (Wildman–Crippen LogP) is 7.71. The number of ether oxygens (including phenoxy) is 2. The molecule has 0 saturated heterocycles. The van der Waals surface area contributed by atoms with Crippen LogP contribution in [0, 0.1) is 36.0 Å². The Bertz CT molecular complexity index is 1360. The van der Waals surface area contributed by atoms with E-state index < -0.39 is 57.1 Å². The summed E-state index contributed by atoms with van der Waals surface area (Å²) in [5, 5.41) is 0. The first kappa shape index (κ1) is 23.3. The van der Waals surface area contributed by atoms with Gasteiger partial charge in [-0.2, -0.15) is 0 Å². The molecule has 0 heterocycles. The van der Waals surface area contributed by atoms with E-state index in [1.165, 1.54) is 32.2 Å². The fourth-order valence-corrected chi connectivity index (χ4v) is 3.96. The van der Waals surface area contributed by atoms with Crippen molar-refractivity contribution in [3.8, 4) is 44.9 Å². The third-order valence-corrected chi connectivity index (χ3v) is 5.48. The summed E-state index contributed by atoms with van der Waals surface area (Å²) >= 11 is 0. The summed E-state index contributed by atoms with van der Waals surface area (Å²) in [6.07, 6.45) is 0. The van der Waals surface area contributed by atoms with Crippen LogP contribution >= 0.6 is 0 Å². The number of benzene rings is 4. The highest BCUT2D eigenvalue weighted by Crippen LogP contribution is 2.49. The van der Waals surface area contributed by atoms with Crippen molar-refractivity contribution in [2.75, 3.05) is 14.2 Å². The van der Waals surface area contributed by atoms with Crippen molar-refractivity contribution >= 4 is 0 Å². The summed E-state index contributed by atoms with van der Waals surface area (Å²) in [6, 6.07) is 13.4. The van der Waals surface area contributed by atoms with E-state index in [0.29, 0.717) is 0 Å². The highest BCUT2D eigenvalue weighted by molar-refractivity contribution is 5.90. The normalized spacial score (nSPS) is 10.9. The molecule has 174 valence electrons. The van der Waals surface area contributed by atoms with Crippen molar-refractivity contribution in [1.82, 2.24) is 0 Å². The van der Waals surface area contributed by atoms with E-state index in [4.69, 9.17) is 9.47 Å². The van der Waals surface area contributed by atoms with Gasteiger partial charge < -0.3 is 9.47 Å². The van der Waals surface area contributed by atoms with E-state index in [1.54, 1.807) is 18.2 Å². The van der Waals surface area contributed by atoms with Crippen LogP contribution in [0.4, 0.5) is 22.0 Å². The second-order valence-electron chi connectivity index (χ2n) is 7.60. The fraction of sp³-hybridized carbons (Fsp3) is 0.111. The second kappa shape index (κ2) is 9.17. The van der Waals surface area contributed by atoms with Crippen LogP contribution in [0.15, 0.2) is 60.7 Å². The molecule has 0 aromatic heterocycles. The Morgan fingerprint density at radius 3 is 1.76 bits per heavy atom. The molecule has 0 spiro atoms. The molecule has 0 radical (unpaired) electrons. The molecule has 4 aromatic carbocycles. The summed E-state index contributed by atoms with van der Waals surface area (Å²) in [7, 11) is 2.46. The Hall–Kier alpha value is -3.87. The second-order valence-corrected chi connectivity index (χ2v) is 7.60. The van der Waals surface area contributed by atoms with Gasteiger partial charge in [0, 0.05) is 11.6 Å². The zero-order valence-corrected chi connectivity index (χ0v) is 18.5. The van der Waals surface area contributed by atoms with E-state index in [0.717, 1.165) is 31.4 Å². The topological polar surface area (TPSA) is 18.5 Å². The molecule has 0 unspecified atom stereocenters. The highest BCUT2D eigenvalue weighted by Gasteiger charge is 2.32. The number of rotatable bonds is 5. The third-order valence-electron chi connectivity index (χ3n) is 5.48. The van der Waals surface area contributed by atoms with Crippen LogP contribution in [0.3, 0.4) is 0 Å². The summed E-state index contributed by atoms with van der Waals surface area (Å²) in [4.78, 5) is 0. The monoisotopic (exact) mass is 470 g/mol. The summed E-state index contributed by atoms with van der Waals surface area (Å²) < 4.78 is 87.2. The summed E-state index contributed by atoms with van der Waals surface area (Å²) in [5.41, 5.74) is -2.36. The average molecular weight is 470 g/mol. The van der Waals surface area contributed by atoms with Gasteiger partial charge in [0.25, 0.3) is 0 Å². The quantitative estimate of drug-likeness (QED) is 0.278. The lowest BCUT2D eigenvalue weighted by Gasteiger charge is -2.21. The van der Waals surface area contributed by atoms with Gasteiger partial charge in [-0.05, 0) is 42.3 Å². The third kappa shape index (κ3) is 3.87. The number of hydrogen-bond donors (Lipinski definition) is 0. The summed E-state index contributed by atoms with van der Waals surface area (Å²) in [6.45, 7) is 1.47. The van der Waals surface area contributed by atoms with Gasteiger partial charge in [-0.25, -0.2) is 22.0 Å². The molecule has 0 N–H and O–H groups in total. The smallest absolute Gasteiger partial charge is 0.145 e. The van der Waals surface area contributed by atoms with Gasteiger partial charge in [-0.3, -0.25) is 0 Å². The Balaban J connectivity index is 2.20. The lowest BCUT2D eigenvalue weighted by molar-refractivity contribution is 0.410. The molecule has 7 heteroatoms. The van der Waals surface area contributed by atoms with E-state index in [2.05, 4.69) is 0 Å². The maximum absolute atomic E-state index is 16.0. The van der Waals surface area contributed by atoms with Gasteiger partial charge in [0.1, 0.15) is 40.6 Å². The van der Waals surface area contributed by atoms with Crippen molar-refractivity contribution in [3.63, 3.8) is 0 Å². The van der Waals surface area contributed by atoms with Crippen LogP contribution in [0.5, 0.6) is 11.5 Å². The average Bonchev–Trinajstić information content (AvgIpc) is 2.81. The first-order valence-corrected chi connectivity index (χ1v) is 10.2. The van der Waals surface area contributed by atoms with Crippen LogP contribution in [0.1, 0.15) is 5.56 Å². The molecular weight excluding hydrogens is 451 g/mol. The molecule has 2 nitrogen and oxygen atoms in total. The van der Waals surface area contributed by atoms with Crippen LogP contribution in [0.2, 0.25) is 0 Å². The summed E-state index contributed by atoms with van der Waals surface area (Å²) in [5.74, 6) is -5.89. The first-order chi connectivity index (χ1) is 16.3. The van der Waals surface area contributed by atoms with Crippen LogP contribution in [-0.2, 0) is 0 Å². The van der Waals surface area contributed by atoms with Gasteiger partial charge in [0.05, 0.1) is 36.5 Å². The minimum Gasteiger partial charge on any atom is -0.497 e. The van der Waals surface area contributed by atoms with E-state index in [-0.39, 0.29) is 22.4 Å². The Labute approximate surface area is 193 Å². The fourth-order valence-electron chi connectivity index (χ4n) is 3.96.